The molecule has 3 rings (SSSR count). The number of fused-ring (bicyclic) bond motifs is 1. The van der Waals surface area contributed by atoms with Gasteiger partial charge in [0, 0.05) is 39.5 Å². The maximum atomic E-state index is 5.88. The third-order valence-electron chi connectivity index (χ3n) is 4.62. The average Bonchev–Trinajstić information content (AvgIpc) is 2.81. The fourth-order valence-electron chi connectivity index (χ4n) is 2.96. The van der Waals surface area contributed by atoms with Crippen molar-refractivity contribution < 1.29 is 14.2 Å². The second kappa shape index (κ2) is 14.5. The van der Waals surface area contributed by atoms with Crippen molar-refractivity contribution in [3.8, 4) is 11.6 Å². The molecule has 3 aromatic rings. The first-order chi connectivity index (χ1) is 15.3. The highest BCUT2D eigenvalue weighted by Gasteiger charge is 2.01. The van der Waals surface area contributed by atoms with E-state index in [1.54, 1.807) is 20.4 Å². The Morgan fingerprint density at radius 1 is 0.938 bits per heavy atom. The van der Waals surface area contributed by atoms with Crippen molar-refractivity contribution in [2.45, 2.75) is 13.0 Å². The maximum absolute atomic E-state index is 5.88. The van der Waals surface area contributed by atoms with Gasteiger partial charge in [0.25, 0.3) is 0 Å². The molecule has 0 aliphatic heterocycles. The van der Waals surface area contributed by atoms with Gasteiger partial charge in [0.2, 0.25) is 5.88 Å². The minimum Gasteiger partial charge on any atom is -0.494 e. The zero-order valence-electron chi connectivity index (χ0n) is 18.5. The Balaban J connectivity index is 0.00000363. The van der Waals surface area contributed by atoms with E-state index in [2.05, 4.69) is 44.9 Å². The molecular formula is C24H31IN4O3. The van der Waals surface area contributed by atoms with E-state index in [1.807, 2.05) is 30.3 Å². The lowest BCUT2D eigenvalue weighted by Gasteiger charge is -2.13. The van der Waals surface area contributed by atoms with Crippen LogP contribution in [0.4, 0.5) is 0 Å². The number of pyridine rings is 1. The molecular weight excluding hydrogens is 519 g/mol. The fraction of sp³-hybridized carbons (Fsp3) is 0.333. The van der Waals surface area contributed by atoms with Crippen LogP contribution >= 0.6 is 24.0 Å². The topological polar surface area (TPSA) is 77.0 Å². The van der Waals surface area contributed by atoms with Gasteiger partial charge >= 0.3 is 0 Å². The maximum Gasteiger partial charge on any atom is 0.213 e. The van der Waals surface area contributed by atoms with Crippen LogP contribution in [0.2, 0.25) is 0 Å². The van der Waals surface area contributed by atoms with Crippen LogP contribution in [0.1, 0.15) is 12.0 Å². The number of guanidine groups is 1. The lowest BCUT2D eigenvalue weighted by atomic mass is 10.1. The summed E-state index contributed by atoms with van der Waals surface area (Å²) in [6.45, 7) is 3.05. The summed E-state index contributed by atoms with van der Waals surface area (Å²) in [5, 5.41) is 8.99. The summed E-state index contributed by atoms with van der Waals surface area (Å²) < 4.78 is 16.3. The lowest BCUT2D eigenvalue weighted by molar-refractivity contribution is 0.143. The molecule has 1 heterocycles. The Kier molecular flexibility index (Phi) is 11.6. The number of halogens is 1. The van der Waals surface area contributed by atoms with Crippen LogP contribution in [0.25, 0.3) is 10.8 Å². The molecule has 0 aliphatic rings. The molecule has 172 valence electrons. The highest BCUT2D eigenvalue weighted by molar-refractivity contribution is 14.0. The summed E-state index contributed by atoms with van der Waals surface area (Å²) in [4.78, 5) is 8.55. The summed E-state index contributed by atoms with van der Waals surface area (Å²) in [5.41, 5.74) is 1.04. The second-order valence-corrected chi connectivity index (χ2v) is 6.91. The largest absolute Gasteiger partial charge is 0.494 e. The van der Waals surface area contributed by atoms with E-state index >= 15 is 0 Å². The molecule has 0 spiro atoms. The molecule has 1 aromatic heterocycles. The van der Waals surface area contributed by atoms with Crippen LogP contribution in [0, 0.1) is 0 Å². The van der Waals surface area contributed by atoms with Crippen molar-refractivity contribution >= 4 is 40.7 Å². The van der Waals surface area contributed by atoms with E-state index in [4.69, 9.17) is 14.2 Å². The SMILES string of the molecule is CN=C(NCCCOc1ccc2ccccc2c1)NCc1ccc(OCCOC)nc1.I. The van der Waals surface area contributed by atoms with Crippen LogP contribution in [0.5, 0.6) is 11.6 Å². The molecule has 0 unspecified atom stereocenters. The van der Waals surface area contributed by atoms with Crippen molar-refractivity contribution in [1.82, 2.24) is 15.6 Å². The minimum atomic E-state index is 0. The van der Waals surface area contributed by atoms with E-state index in [0.29, 0.717) is 32.2 Å². The molecule has 32 heavy (non-hydrogen) atoms. The Bertz CT molecular complexity index is 967. The number of nitrogens with one attached hydrogen (secondary N) is 2. The van der Waals surface area contributed by atoms with Gasteiger partial charge in [-0.3, -0.25) is 4.99 Å². The molecule has 7 nitrogen and oxygen atoms in total. The Hall–Kier alpha value is -2.59. The molecule has 0 saturated carbocycles. The van der Waals surface area contributed by atoms with E-state index in [1.165, 1.54) is 10.8 Å². The van der Waals surface area contributed by atoms with Gasteiger partial charge in [-0.25, -0.2) is 4.98 Å². The monoisotopic (exact) mass is 550 g/mol. The number of benzene rings is 2. The zero-order chi connectivity index (χ0) is 21.7. The first-order valence-corrected chi connectivity index (χ1v) is 10.4. The number of ether oxygens (including phenoxy) is 3. The molecule has 2 N–H and O–H groups in total. The van der Waals surface area contributed by atoms with E-state index < -0.39 is 0 Å². The molecule has 0 fully saturated rings. The summed E-state index contributed by atoms with van der Waals surface area (Å²) in [6, 6.07) is 18.3. The smallest absolute Gasteiger partial charge is 0.213 e. The number of hydrogen-bond acceptors (Lipinski definition) is 5. The average molecular weight is 550 g/mol. The van der Waals surface area contributed by atoms with E-state index in [-0.39, 0.29) is 24.0 Å². The highest BCUT2D eigenvalue weighted by atomic mass is 127. The second-order valence-electron chi connectivity index (χ2n) is 6.91. The third kappa shape index (κ3) is 8.51. The number of aromatic nitrogens is 1. The number of hydrogen-bond donors (Lipinski definition) is 2. The Morgan fingerprint density at radius 2 is 1.78 bits per heavy atom. The normalized spacial score (nSPS) is 11.0. The summed E-state index contributed by atoms with van der Waals surface area (Å²) in [6.07, 6.45) is 2.66. The van der Waals surface area contributed by atoms with Gasteiger partial charge < -0.3 is 24.8 Å². The first kappa shape index (κ1) is 25.7. The standard InChI is InChI=1S/C24H30N4O3.HI/c1-25-24(28-18-19-8-11-23(27-17-19)31-15-14-29-2)26-12-5-13-30-22-10-9-20-6-3-4-7-21(20)16-22;/h3-4,6-11,16-17H,5,12-15,18H2,1-2H3,(H2,25,26,28);1H. The zero-order valence-corrected chi connectivity index (χ0v) is 20.9. The van der Waals surface area contributed by atoms with Crippen molar-refractivity contribution in [3.05, 3.63) is 66.4 Å². The van der Waals surface area contributed by atoms with E-state index in [0.717, 1.165) is 30.2 Å². The quantitative estimate of drug-likeness (QED) is 0.163. The van der Waals surface area contributed by atoms with Crippen molar-refractivity contribution in [2.24, 2.45) is 4.99 Å². The summed E-state index contributed by atoms with van der Waals surface area (Å²) in [7, 11) is 3.40. The number of rotatable bonds is 11. The van der Waals surface area contributed by atoms with E-state index in [9.17, 15) is 0 Å². The van der Waals surface area contributed by atoms with Crippen LogP contribution in [-0.2, 0) is 11.3 Å². The predicted molar refractivity (Wildman–Crippen MR) is 139 cm³/mol. The van der Waals surface area contributed by atoms with Crippen LogP contribution in [-0.4, -0.2) is 51.5 Å². The van der Waals surface area contributed by atoms with Gasteiger partial charge in [0.05, 0.1) is 13.2 Å². The van der Waals surface area contributed by atoms with Gasteiger partial charge in [0.15, 0.2) is 5.96 Å². The van der Waals surface area contributed by atoms with Gasteiger partial charge in [-0.2, -0.15) is 0 Å². The van der Waals surface area contributed by atoms with Gasteiger partial charge in [-0.05, 0) is 34.9 Å². The fourth-order valence-corrected chi connectivity index (χ4v) is 2.96. The third-order valence-corrected chi connectivity index (χ3v) is 4.62. The molecule has 0 aliphatic carbocycles. The van der Waals surface area contributed by atoms with Crippen LogP contribution in [0.15, 0.2) is 65.8 Å². The van der Waals surface area contributed by atoms with Gasteiger partial charge in [-0.15, -0.1) is 24.0 Å². The Labute approximate surface area is 206 Å². The number of methoxy groups -OCH3 is 1. The van der Waals surface area contributed by atoms with Gasteiger partial charge in [0.1, 0.15) is 12.4 Å². The lowest BCUT2D eigenvalue weighted by Crippen LogP contribution is -2.37. The molecule has 8 heteroatoms. The number of aliphatic imine (C=N–C) groups is 1. The summed E-state index contributed by atoms with van der Waals surface area (Å²) in [5.74, 6) is 2.23. The molecule has 0 radical (unpaired) electrons. The van der Waals surface area contributed by atoms with Gasteiger partial charge in [-0.1, -0.05) is 36.4 Å². The molecule has 0 saturated heterocycles. The van der Waals surface area contributed by atoms with Crippen molar-refractivity contribution in [2.75, 3.05) is 40.5 Å². The number of nitrogens with zero attached hydrogens (tertiary/aromatic N) is 2. The molecule has 0 amide bonds. The van der Waals surface area contributed by atoms with Crippen LogP contribution < -0.4 is 20.1 Å². The predicted octanol–water partition coefficient (Wildman–Crippen LogP) is 4.01. The van der Waals surface area contributed by atoms with Crippen molar-refractivity contribution in [3.63, 3.8) is 0 Å². The minimum absolute atomic E-state index is 0. The van der Waals surface area contributed by atoms with Crippen molar-refractivity contribution in [1.29, 1.82) is 0 Å². The van der Waals surface area contributed by atoms with Crippen LogP contribution in [0.3, 0.4) is 0 Å². The molecule has 0 bridgehead atoms. The summed E-state index contributed by atoms with van der Waals surface area (Å²) >= 11 is 0. The Morgan fingerprint density at radius 3 is 2.53 bits per heavy atom. The first-order valence-electron chi connectivity index (χ1n) is 10.4. The molecule has 0 atom stereocenters. The highest BCUT2D eigenvalue weighted by Crippen LogP contribution is 2.20. The molecule has 2 aromatic carbocycles.